The van der Waals surface area contributed by atoms with Crippen molar-refractivity contribution in [2.24, 2.45) is 5.41 Å². The zero-order valence-corrected chi connectivity index (χ0v) is 12.7. The second-order valence-electron chi connectivity index (χ2n) is 6.62. The minimum absolute atomic E-state index is 0.0840. The van der Waals surface area contributed by atoms with Crippen molar-refractivity contribution in [3.8, 4) is 6.07 Å². The molecule has 1 atom stereocenters. The number of hydrogen-bond acceptors (Lipinski definition) is 2. The molecule has 1 aliphatic carbocycles. The van der Waals surface area contributed by atoms with Gasteiger partial charge in [-0.1, -0.05) is 54.6 Å². The molecule has 22 heavy (non-hydrogen) atoms. The maximum atomic E-state index is 9.46. The molecule has 0 spiro atoms. The minimum Gasteiger partial charge on any atom is -0.290 e. The molecule has 1 fully saturated rings. The molecule has 2 aliphatic rings. The predicted molar refractivity (Wildman–Crippen MR) is 87.3 cm³/mol. The van der Waals surface area contributed by atoms with Crippen molar-refractivity contribution in [3.05, 3.63) is 71.3 Å². The summed E-state index contributed by atoms with van der Waals surface area (Å²) in [4.78, 5) is 2.52. The van der Waals surface area contributed by atoms with Crippen LogP contribution in [-0.4, -0.2) is 18.0 Å². The molecule has 1 heterocycles. The Hall–Kier alpha value is -2.11. The Labute approximate surface area is 132 Å². The highest BCUT2D eigenvalue weighted by Gasteiger charge is 2.46. The average molecular weight is 288 g/mol. The number of benzene rings is 2. The van der Waals surface area contributed by atoms with Gasteiger partial charge >= 0.3 is 0 Å². The fraction of sp³-hybridized carbons (Fsp3) is 0.350. The van der Waals surface area contributed by atoms with Gasteiger partial charge in [0, 0.05) is 13.1 Å². The highest BCUT2D eigenvalue weighted by molar-refractivity contribution is 5.40. The molecule has 4 rings (SSSR count). The summed E-state index contributed by atoms with van der Waals surface area (Å²) in [5.74, 6) is 0. The van der Waals surface area contributed by atoms with Crippen LogP contribution in [0.4, 0.5) is 0 Å². The molecule has 2 aromatic carbocycles. The van der Waals surface area contributed by atoms with Gasteiger partial charge in [-0.3, -0.25) is 4.90 Å². The summed E-state index contributed by atoms with van der Waals surface area (Å²) in [6.45, 7) is 1.94. The maximum absolute atomic E-state index is 9.46. The van der Waals surface area contributed by atoms with E-state index in [1.807, 2.05) is 0 Å². The standard InChI is InChI=1S/C20H20N2/c21-14-20(11-12-20)15-22-13-10-16-6-4-5-9-18(16)19(22)17-7-2-1-3-8-17/h1-9,19H,10-13,15H2/t19-/m0/s1. The van der Waals surface area contributed by atoms with Gasteiger partial charge in [0.25, 0.3) is 0 Å². The summed E-state index contributed by atoms with van der Waals surface area (Å²) < 4.78 is 0. The van der Waals surface area contributed by atoms with E-state index < -0.39 is 0 Å². The third-order valence-corrected chi connectivity index (χ3v) is 5.09. The summed E-state index contributed by atoms with van der Waals surface area (Å²) in [7, 11) is 0. The van der Waals surface area contributed by atoms with Crippen LogP contribution >= 0.6 is 0 Å². The largest absolute Gasteiger partial charge is 0.290 e. The summed E-state index contributed by atoms with van der Waals surface area (Å²) >= 11 is 0. The molecule has 0 bridgehead atoms. The van der Waals surface area contributed by atoms with Crippen LogP contribution in [0.25, 0.3) is 0 Å². The number of nitrogens with zero attached hydrogens (tertiary/aromatic N) is 2. The van der Waals surface area contributed by atoms with E-state index in [-0.39, 0.29) is 11.5 Å². The van der Waals surface area contributed by atoms with E-state index in [1.165, 1.54) is 16.7 Å². The van der Waals surface area contributed by atoms with Gasteiger partial charge in [-0.15, -0.1) is 0 Å². The number of fused-ring (bicyclic) bond motifs is 1. The highest BCUT2D eigenvalue weighted by Crippen LogP contribution is 2.48. The van der Waals surface area contributed by atoms with Gasteiger partial charge in [-0.2, -0.15) is 5.26 Å². The zero-order chi connectivity index (χ0) is 15.0. The molecule has 2 nitrogen and oxygen atoms in total. The molecule has 1 aliphatic heterocycles. The van der Waals surface area contributed by atoms with Crippen molar-refractivity contribution in [3.63, 3.8) is 0 Å². The maximum Gasteiger partial charge on any atom is 0.0703 e. The van der Waals surface area contributed by atoms with Crippen molar-refractivity contribution in [1.82, 2.24) is 4.90 Å². The molecule has 0 radical (unpaired) electrons. The predicted octanol–water partition coefficient (Wildman–Crippen LogP) is 3.94. The first-order valence-corrected chi connectivity index (χ1v) is 8.09. The average Bonchev–Trinajstić information content (AvgIpc) is 3.35. The van der Waals surface area contributed by atoms with Crippen LogP contribution in [0.1, 0.15) is 35.6 Å². The second kappa shape index (κ2) is 5.26. The normalized spacial score (nSPS) is 22.6. The fourth-order valence-electron chi connectivity index (χ4n) is 3.66. The number of nitriles is 1. The zero-order valence-electron chi connectivity index (χ0n) is 12.7. The number of rotatable bonds is 3. The quantitative estimate of drug-likeness (QED) is 0.855. The van der Waals surface area contributed by atoms with E-state index in [1.54, 1.807) is 0 Å². The van der Waals surface area contributed by atoms with Crippen LogP contribution in [0.3, 0.4) is 0 Å². The van der Waals surface area contributed by atoms with E-state index >= 15 is 0 Å². The van der Waals surface area contributed by atoms with Gasteiger partial charge in [0.1, 0.15) is 0 Å². The molecule has 1 saturated carbocycles. The molecule has 0 unspecified atom stereocenters. The van der Waals surface area contributed by atoms with Gasteiger partial charge < -0.3 is 0 Å². The van der Waals surface area contributed by atoms with Crippen molar-refractivity contribution >= 4 is 0 Å². The van der Waals surface area contributed by atoms with Crippen LogP contribution in [0.2, 0.25) is 0 Å². The molecule has 0 amide bonds. The Kier molecular flexibility index (Phi) is 3.24. The summed E-state index contributed by atoms with van der Waals surface area (Å²) in [6.07, 6.45) is 3.20. The highest BCUT2D eigenvalue weighted by atomic mass is 15.2. The van der Waals surface area contributed by atoms with Gasteiger partial charge in [-0.05, 0) is 36.0 Å². The van der Waals surface area contributed by atoms with Crippen molar-refractivity contribution < 1.29 is 0 Å². The molecule has 0 N–H and O–H groups in total. The van der Waals surface area contributed by atoms with E-state index in [9.17, 15) is 5.26 Å². The Bertz CT molecular complexity index is 710. The lowest BCUT2D eigenvalue weighted by atomic mass is 9.87. The number of hydrogen-bond donors (Lipinski definition) is 0. The van der Waals surface area contributed by atoms with E-state index in [0.717, 1.165) is 32.4 Å². The molecule has 0 aromatic heterocycles. The third-order valence-electron chi connectivity index (χ3n) is 5.09. The van der Waals surface area contributed by atoms with Crippen LogP contribution in [0.5, 0.6) is 0 Å². The Morgan fingerprint density at radius 1 is 1.05 bits per heavy atom. The third kappa shape index (κ3) is 2.32. The molecule has 110 valence electrons. The topological polar surface area (TPSA) is 27.0 Å². The first kappa shape index (κ1) is 13.5. The fourth-order valence-corrected chi connectivity index (χ4v) is 3.66. The first-order valence-electron chi connectivity index (χ1n) is 8.09. The Balaban J connectivity index is 1.74. The first-order chi connectivity index (χ1) is 10.8. The molecular weight excluding hydrogens is 268 g/mol. The summed E-state index contributed by atoms with van der Waals surface area (Å²) in [6, 6.07) is 22.3. The Morgan fingerprint density at radius 2 is 1.77 bits per heavy atom. The minimum atomic E-state index is -0.0840. The van der Waals surface area contributed by atoms with Gasteiger partial charge in [0.05, 0.1) is 17.5 Å². The molecule has 2 heteroatoms. The van der Waals surface area contributed by atoms with Gasteiger partial charge in [0.15, 0.2) is 0 Å². The van der Waals surface area contributed by atoms with Crippen molar-refractivity contribution in [2.45, 2.75) is 25.3 Å². The molecular formula is C20H20N2. The van der Waals surface area contributed by atoms with E-state index in [4.69, 9.17) is 0 Å². The SMILES string of the molecule is N#CC1(CN2CCc3ccccc3[C@@H]2c2ccccc2)CC1. The van der Waals surface area contributed by atoms with E-state index in [0.29, 0.717) is 0 Å². The lowest BCUT2D eigenvalue weighted by molar-refractivity contribution is 0.188. The van der Waals surface area contributed by atoms with Crippen molar-refractivity contribution in [1.29, 1.82) is 5.26 Å². The van der Waals surface area contributed by atoms with E-state index in [2.05, 4.69) is 65.6 Å². The monoisotopic (exact) mass is 288 g/mol. The van der Waals surface area contributed by atoms with Crippen molar-refractivity contribution in [2.75, 3.05) is 13.1 Å². The lowest BCUT2D eigenvalue weighted by Crippen LogP contribution is -2.39. The van der Waals surface area contributed by atoms with Crippen LogP contribution in [0, 0.1) is 16.7 Å². The van der Waals surface area contributed by atoms with Gasteiger partial charge in [-0.25, -0.2) is 0 Å². The summed E-state index contributed by atoms with van der Waals surface area (Å²) in [5.41, 5.74) is 4.12. The molecule has 0 saturated heterocycles. The molecule has 2 aromatic rings. The summed E-state index contributed by atoms with van der Waals surface area (Å²) in [5, 5.41) is 9.46. The smallest absolute Gasteiger partial charge is 0.0703 e. The van der Waals surface area contributed by atoms with Crippen LogP contribution in [0.15, 0.2) is 54.6 Å². The Morgan fingerprint density at radius 3 is 2.50 bits per heavy atom. The second-order valence-corrected chi connectivity index (χ2v) is 6.62. The van der Waals surface area contributed by atoms with Gasteiger partial charge in [0.2, 0.25) is 0 Å². The van der Waals surface area contributed by atoms with Crippen LogP contribution < -0.4 is 0 Å². The lowest BCUT2D eigenvalue weighted by Gasteiger charge is -2.38. The van der Waals surface area contributed by atoms with Crippen LogP contribution in [-0.2, 0) is 6.42 Å².